The predicted octanol–water partition coefficient (Wildman–Crippen LogP) is 3.08. The third kappa shape index (κ3) is 2.57. The maximum atomic E-state index is 11.0. The summed E-state index contributed by atoms with van der Waals surface area (Å²) < 4.78 is 13.0. The largest absolute Gasteiger partial charge is 0.494 e. The van der Waals surface area contributed by atoms with Gasteiger partial charge >= 0.3 is 0 Å². The first-order chi connectivity index (χ1) is 12.3. The molecule has 132 valence electrons. The Balaban J connectivity index is 1.64. The Morgan fingerprint density at radius 3 is 2.72 bits per heavy atom. The van der Waals surface area contributed by atoms with E-state index in [1.807, 2.05) is 4.57 Å². The second-order valence-corrected chi connectivity index (χ2v) is 7.49. The molecule has 5 rings (SSSR count). The van der Waals surface area contributed by atoms with Gasteiger partial charge in [-0.25, -0.2) is 0 Å². The summed E-state index contributed by atoms with van der Waals surface area (Å²) in [7, 11) is 0. The molecule has 3 aliphatic rings. The lowest BCUT2D eigenvalue weighted by molar-refractivity contribution is -0.0238. The number of benzene rings is 1. The van der Waals surface area contributed by atoms with Gasteiger partial charge in [-0.1, -0.05) is 25.3 Å². The Kier molecular flexibility index (Phi) is 3.79. The van der Waals surface area contributed by atoms with Gasteiger partial charge in [-0.15, -0.1) is 0 Å². The van der Waals surface area contributed by atoms with Crippen LogP contribution in [-0.2, 0) is 15.9 Å². The average molecular weight is 340 g/mol. The van der Waals surface area contributed by atoms with E-state index in [2.05, 4.69) is 23.2 Å². The molecule has 1 aromatic heterocycles. The minimum Gasteiger partial charge on any atom is -0.494 e. The van der Waals surface area contributed by atoms with Crippen molar-refractivity contribution in [2.75, 3.05) is 33.0 Å². The van der Waals surface area contributed by atoms with Gasteiger partial charge in [0.15, 0.2) is 0 Å². The highest BCUT2D eigenvalue weighted by Crippen LogP contribution is 2.39. The first-order valence-electron chi connectivity index (χ1n) is 9.36. The molecule has 2 fully saturated rings. The van der Waals surface area contributed by atoms with Crippen LogP contribution in [0.4, 0.5) is 0 Å². The zero-order valence-electron chi connectivity index (χ0n) is 14.4. The molecule has 25 heavy (non-hydrogen) atoms. The quantitative estimate of drug-likeness (QED) is 0.930. The van der Waals surface area contributed by atoms with E-state index >= 15 is 0 Å². The van der Waals surface area contributed by atoms with Gasteiger partial charge in [0.25, 0.3) is 0 Å². The third-order valence-electron chi connectivity index (χ3n) is 5.84. The number of rotatable bonds is 4. The molecular formula is C20H24N2O3. The summed E-state index contributed by atoms with van der Waals surface area (Å²) in [6, 6.07) is 6.85. The molecule has 0 unspecified atom stereocenters. The SMILES string of the molecule is Oc1c(C2=NCCOC2)c2cc(CC3CCC3)ccc2n1C1COC1. The Bertz CT molecular complexity index is 831. The second kappa shape index (κ2) is 6.15. The summed E-state index contributed by atoms with van der Waals surface area (Å²) in [5.74, 6) is 1.14. The van der Waals surface area contributed by atoms with Crippen molar-refractivity contribution in [3.05, 3.63) is 29.3 Å². The van der Waals surface area contributed by atoms with Crippen LogP contribution in [0.2, 0.25) is 0 Å². The van der Waals surface area contributed by atoms with Gasteiger partial charge in [-0.05, 0) is 30.0 Å². The van der Waals surface area contributed by atoms with E-state index in [4.69, 9.17) is 9.47 Å². The summed E-state index contributed by atoms with van der Waals surface area (Å²) in [5, 5.41) is 12.1. The smallest absolute Gasteiger partial charge is 0.201 e. The van der Waals surface area contributed by atoms with Crippen molar-refractivity contribution in [1.82, 2.24) is 4.57 Å². The summed E-state index contributed by atoms with van der Waals surface area (Å²) in [5.41, 5.74) is 4.16. The number of aliphatic imine (C=N–C) groups is 1. The average Bonchev–Trinajstić information content (AvgIpc) is 2.82. The van der Waals surface area contributed by atoms with Crippen LogP contribution in [0.1, 0.15) is 36.4 Å². The van der Waals surface area contributed by atoms with Crippen LogP contribution < -0.4 is 0 Å². The number of aromatic hydroxyl groups is 1. The molecule has 1 saturated heterocycles. The Labute approximate surface area is 147 Å². The molecule has 0 amide bonds. The third-order valence-corrected chi connectivity index (χ3v) is 5.84. The van der Waals surface area contributed by atoms with Crippen molar-refractivity contribution in [2.45, 2.75) is 31.7 Å². The van der Waals surface area contributed by atoms with Crippen LogP contribution in [0.3, 0.4) is 0 Å². The van der Waals surface area contributed by atoms with Crippen LogP contribution in [-0.4, -0.2) is 48.4 Å². The molecule has 0 atom stereocenters. The Morgan fingerprint density at radius 2 is 2.08 bits per heavy atom. The number of hydrogen-bond donors (Lipinski definition) is 1. The number of aromatic nitrogens is 1. The maximum absolute atomic E-state index is 11.0. The topological polar surface area (TPSA) is 56.0 Å². The fraction of sp³-hybridized carbons (Fsp3) is 0.550. The molecule has 5 heteroatoms. The molecule has 0 bridgehead atoms. The zero-order chi connectivity index (χ0) is 16.8. The standard InChI is InChI=1S/C20H24N2O3/c23-20-19(17-12-24-7-6-21-17)16-9-14(8-13-2-1-3-13)4-5-18(16)22(20)15-10-25-11-15/h4-5,9,13,15,23H,1-3,6-8,10-12H2. The number of hydrogen-bond acceptors (Lipinski definition) is 4. The normalized spacial score (nSPS) is 21.8. The highest BCUT2D eigenvalue weighted by Gasteiger charge is 2.30. The van der Waals surface area contributed by atoms with E-state index in [0.29, 0.717) is 38.9 Å². The molecule has 2 aromatic rings. The van der Waals surface area contributed by atoms with E-state index < -0.39 is 0 Å². The van der Waals surface area contributed by atoms with Gasteiger partial charge in [0, 0.05) is 5.39 Å². The Morgan fingerprint density at radius 1 is 1.20 bits per heavy atom. The van der Waals surface area contributed by atoms with Crippen molar-refractivity contribution >= 4 is 16.6 Å². The van der Waals surface area contributed by atoms with Gasteiger partial charge in [0.1, 0.15) is 0 Å². The lowest BCUT2D eigenvalue weighted by atomic mass is 9.81. The molecule has 1 aliphatic carbocycles. The van der Waals surface area contributed by atoms with Gasteiger partial charge in [0.05, 0.1) is 55.8 Å². The number of nitrogens with zero attached hydrogens (tertiary/aromatic N) is 2. The first-order valence-corrected chi connectivity index (χ1v) is 9.36. The van der Waals surface area contributed by atoms with Gasteiger partial charge in [-0.2, -0.15) is 0 Å². The van der Waals surface area contributed by atoms with Crippen molar-refractivity contribution in [3.8, 4) is 5.88 Å². The minimum absolute atomic E-state index is 0.207. The van der Waals surface area contributed by atoms with E-state index in [-0.39, 0.29) is 6.04 Å². The first kappa shape index (κ1) is 15.4. The zero-order valence-corrected chi connectivity index (χ0v) is 14.4. The second-order valence-electron chi connectivity index (χ2n) is 7.49. The summed E-state index contributed by atoms with van der Waals surface area (Å²) in [4.78, 5) is 4.63. The van der Waals surface area contributed by atoms with Crippen molar-refractivity contribution in [3.63, 3.8) is 0 Å². The number of ether oxygens (including phenoxy) is 2. The van der Waals surface area contributed by atoms with Crippen LogP contribution in [0.15, 0.2) is 23.2 Å². The highest BCUT2D eigenvalue weighted by molar-refractivity contribution is 6.14. The molecule has 1 saturated carbocycles. The molecule has 1 N–H and O–H groups in total. The Hall–Kier alpha value is -1.85. The molecule has 1 aromatic carbocycles. The highest BCUT2D eigenvalue weighted by atomic mass is 16.5. The van der Waals surface area contributed by atoms with Crippen molar-refractivity contribution in [1.29, 1.82) is 0 Å². The van der Waals surface area contributed by atoms with Crippen LogP contribution >= 0.6 is 0 Å². The fourth-order valence-corrected chi connectivity index (χ4v) is 4.14. The molecule has 2 aliphatic heterocycles. The van der Waals surface area contributed by atoms with Crippen LogP contribution in [0.5, 0.6) is 5.88 Å². The molecule has 3 heterocycles. The summed E-state index contributed by atoms with van der Waals surface area (Å²) in [6.07, 6.45) is 5.19. The van der Waals surface area contributed by atoms with Crippen molar-refractivity contribution in [2.24, 2.45) is 10.9 Å². The maximum Gasteiger partial charge on any atom is 0.201 e. The van der Waals surface area contributed by atoms with E-state index in [1.54, 1.807) is 0 Å². The van der Waals surface area contributed by atoms with Gasteiger partial charge < -0.3 is 19.1 Å². The van der Waals surface area contributed by atoms with Crippen LogP contribution in [0.25, 0.3) is 10.9 Å². The predicted molar refractivity (Wildman–Crippen MR) is 96.7 cm³/mol. The summed E-state index contributed by atoms with van der Waals surface area (Å²) >= 11 is 0. The molecule has 5 nitrogen and oxygen atoms in total. The van der Waals surface area contributed by atoms with Crippen LogP contribution in [0, 0.1) is 5.92 Å². The number of fused-ring (bicyclic) bond motifs is 1. The van der Waals surface area contributed by atoms with E-state index in [9.17, 15) is 5.11 Å². The van der Waals surface area contributed by atoms with Crippen molar-refractivity contribution < 1.29 is 14.6 Å². The van der Waals surface area contributed by atoms with E-state index in [0.717, 1.165) is 34.5 Å². The minimum atomic E-state index is 0.207. The molecular weight excluding hydrogens is 316 g/mol. The lowest BCUT2D eigenvalue weighted by Gasteiger charge is -2.29. The molecule has 0 spiro atoms. The summed E-state index contributed by atoms with van der Waals surface area (Å²) in [6.45, 7) is 3.11. The van der Waals surface area contributed by atoms with Gasteiger partial charge in [0.2, 0.25) is 5.88 Å². The van der Waals surface area contributed by atoms with E-state index in [1.165, 1.54) is 24.8 Å². The molecule has 0 radical (unpaired) electrons. The fourth-order valence-electron chi connectivity index (χ4n) is 4.14. The lowest BCUT2D eigenvalue weighted by Crippen LogP contribution is -2.30. The van der Waals surface area contributed by atoms with Gasteiger partial charge in [-0.3, -0.25) is 4.99 Å². The monoisotopic (exact) mass is 340 g/mol.